The van der Waals surface area contributed by atoms with Crippen LogP contribution in [0.25, 0.3) is 17.3 Å². The first-order chi connectivity index (χ1) is 11.8. The molecule has 3 heterocycles. The Kier molecular flexibility index (Phi) is 3.83. The topological polar surface area (TPSA) is 95.7 Å². The Bertz CT molecular complexity index is 946. The van der Waals surface area contributed by atoms with Crippen molar-refractivity contribution in [3.05, 3.63) is 54.1 Å². The van der Waals surface area contributed by atoms with Gasteiger partial charge in [-0.3, -0.25) is 0 Å². The van der Waals surface area contributed by atoms with E-state index >= 15 is 0 Å². The van der Waals surface area contributed by atoms with Gasteiger partial charge in [0.05, 0.1) is 17.7 Å². The molecule has 8 nitrogen and oxygen atoms in total. The third-order valence-corrected chi connectivity index (χ3v) is 4.19. The van der Waals surface area contributed by atoms with Crippen LogP contribution in [0.4, 0.5) is 0 Å². The van der Waals surface area contributed by atoms with Crippen LogP contribution in [0.15, 0.2) is 56.7 Å². The standard InChI is InChI=1S/C15H12N6O2S/c1-10-7-8-22-13(10)14-17-16-12(23-14)9-24-15-18-19-20-21(15)11-5-3-2-4-6-11/h2-8H,9H2,1H3. The van der Waals surface area contributed by atoms with Crippen molar-refractivity contribution < 1.29 is 8.83 Å². The minimum Gasteiger partial charge on any atom is -0.459 e. The molecule has 0 saturated heterocycles. The third kappa shape index (κ3) is 2.81. The van der Waals surface area contributed by atoms with E-state index in [0.717, 1.165) is 11.3 Å². The van der Waals surface area contributed by atoms with Gasteiger partial charge in [-0.1, -0.05) is 30.0 Å². The molecule has 0 spiro atoms. The summed E-state index contributed by atoms with van der Waals surface area (Å²) in [5, 5.41) is 20.5. The van der Waals surface area contributed by atoms with Crippen molar-refractivity contribution in [2.24, 2.45) is 0 Å². The highest BCUT2D eigenvalue weighted by molar-refractivity contribution is 7.98. The van der Waals surface area contributed by atoms with Crippen molar-refractivity contribution >= 4 is 11.8 Å². The van der Waals surface area contributed by atoms with Gasteiger partial charge in [0.25, 0.3) is 5.89 Å². The lowest BCUT2D eigenvalue weighted by atomic mass is 10.3. The molecule has 1 aromatic carbocycles. The first kappa shape index (κ1) is 14.6. The van der Waals surface area contributed by atoms with Gasteiger partial charge in [-0.05, 0) is 35.5 Å². The van der Waals surface area contributed by atoms with Crippen LogP contribution in [0, 0.1) is 6.92 Å². The van der Waals surface area contributed by atoms with E-state index < -0.39 is 0 Å². The normalized spacial score (nSPS) is 11.0. The van der Waals surface area contributed by atoms with E-state index in [1.54, 1.807) is 10.9 Å². The number of thioether (sulfide) groups is 1. The zero-order valence-corrected chi connectivity index (χ0v) is 13.5. The zero-order valence-electron chi connectivity index (χ0n) is 12.7. The summed E-state index contributed by atoms with van der Waals surface area (Å²) in [6.45, 7) is 1.92. The Morgan fingerprint density at radius 2 is 1.96 bits per heavy atom. The molecule has 0 saturated carbocycles. The largest absolute Gasteiger partial charge is 0.459 e. The molecule has 0 aliphatic heterocycles. The van der Waals surface area contributed by atoms with E-state index in [-0.39, 0.29) is 0 Å². The number of hydrogen-bond donors (Lipinski definition) is 0. The molecular weight excluding hydrogens is 328 g/mol. The fourth-order valence-electron chi connectivity index (χ4n) is 2.12. The lowest BCUT2D eigenvalue weighted by Gasteiger charge is -2.02. The van der Waals surface area contributed by atoms with Gasteiger partial charge in [0.1, 0.15) is 0 Å². The number of nitrogens with zero attached hydrogens (tertiary/aromatic N) is 6. The van der Waals surface area contributed by atoms with Crippen molar-refractivity contribution in [3.8, 4) is 17.3 Å². The molecule has 0 aliphatic carbocycles. The molecule has 0 N–H and O–H groups in total. The van der Waals surface area contributed by atoms with Crippen LogP contribution in [0.1, 0.15) is 11.5 Å². The van der Waals surface area contributed by atoms with Gasteiger partial charge in [0.15, 0.2) is 5.76 Å². The summed E-state index contributed by atoms with van der Waals surface area (Å²) >= 11 is 1.42. The fourth-order valence-corrected chi connectivity index (χ4v) is 2.85. The number of hydrogen-bond acceptors (Lipinski definition) is 8. The predicted octanol–water partition coefficient (Wildman–Crippen LogP) is 2.91. The van der Waals surface area contributed by atoms with E-state index in [9.17, 15) is 0 Å². The maximum Gasteiger partial charge on any atom is 0.283 e. The maximum absolute atomic E-state index is 5.64. The van der Waals surface area contributed by atoms with Gasteiger partial charge in [0.2, 0.25) is 11.0 Å². The number of rotatable bonds is 5. The van der Waals surface area contributed by atoms with Crippen LogP contribution < -0.4 is 0 Å². The summed E-state index contributed by atoms with van der Waals surface area (Å²) in [5.74, 6) is 1.90. The Morgan fingerprint density at radius 3 is 2.75 bits per heavy atom. The van der Waals surface area contributed by atoms with Crippen LogP contribution in [0.5, 0.6) is 0 Å². The van der Waals surface area contributed by atoms with Crippen LogP contribution >= 0.6 is 11.8 Å². The maximum atomic E-state index is 5.64. The van der Waals surface area contributed by atoms with Gasteiger partial charge in [-0.2, -0.15) is 4.68 Å². The van der Waals surface area contributed by atoms with Crippen molar-refractivity contribution in [2.45, 2.75) is 17.8 Å². The Balaban J connectivity index is 1.50. The average molecular weight is 340 g/mol. The summed E-state index contributed by atoms with van der Waals surface area (Å²) in [6.07, 6.45) is 1.59. The molecule has 4 rings (SSSR count). The fraction of sp³-hybridized carbons (Fsp3) is 0.133. The smallest absolute Gasteiger partial charge is 0.283 e. The SMILES string of the molecule is Cc1ccoc1-c1nnc(CSc2nnnn2-c2ccccc2)o1. The summed E-state index contributed by atoms with van der Waals surface area (Å²) in [6, 6.07) is 11.5. The van der Waals surface area contributed by atoms with E-state index in [1.165, 1.54) is 11.8 Å². The van der Waals surface area contributed by atoms with Crippen LogP contribution in [-0.2, 0) is 5.75 Å². The molecule has 0 radical (unpaired) electrons. The summed E-state index contributed by atoms with van der Waals surface area (Å²) < 4.78 is 12.7. The minimum absolute atomic E-state index is 0.371. The predicted molar refractivity (Wildman–Crippen MR) is 85.5 cm³/mol. The highest BCUT2D eigenvalue weighted by Crippen LogP contribution is 2.26. The molecule has 120 valence electrons. The lowest BCUT2D eigenvalue weighted by molar-refractivity contribution is 0.493. The molecule has 0 amide bonds. The number of aryl methyl sites for hydroxylation is 1. The number of aromatic nitrogens is 6. The first-order valence-corrected chi connectivity index (χ1v) is 8.13. The summed E-state index contributed by atoms with van der Waals surface area (Å²) in [5.41, 5.74) is 1.84. The molecule has 0 aliphatic rings. The van der Waals surface area contributed by atoms with Gasteiger partial charge >= 0.3 is 0 Å². The van der Waals surface area contributed by atoms with Crippen LogP contribution in [-0.4, -0.2) is 30.4 Å². The Hall–Kier alpha value is -2.94. The summed E-state index contributed by atoms with van der Waals surface area (Å²) in [4.78, 5) is 0. The van der Waals surface area contributed by atoms with E-state index in [2.05, 4.69) is 25.7 Å². The molecule has 3 aromatic heterocycles. The second kappa shape index (κ2) is 6.28. The molecule has 9 heteroatoms. The molecule has 24 heavy (non-hydrogen) atoms. The minimum atomic E-state index is 0.371. The number of benzene rings is 1. The van der Waals surface area contributed by atoms with Gasteiger partial charge in [-0.25, -0.2) is 0 Å². The van der Waals surface area contributed by atoms with E-state index in [1.807, 2.05) is 43.3 Å². The zero-order chi connectivity index (χ0) is 16.4. The number of tetrazole rings is 1. The number of furan rings is 1. The van der Waals surface area contributed by atoms with Crippen LogP contribution in [0.2, 0.25) is 0 Å². The molecule has 0 atom stereocenters. The summed E-state index contributed by atoms with van der Waals surface area (Å²) in [7, 11) is 0. The highest BCUT2D eigenvalue weighted by atomic mass is 32.2. The van der Waals surface area contributed by atoms with Crippen molar-refractivity contribution in [3.63, 3.8) is 0 Å². The first-order valence-electron chi connectivity index (χ1n) is 7.15. The number of para-hydroxylation sites is 1. The molecule has 4 aromatic rings. The third-order valence-electron chi connectivity index (χ3n) is 3.29. The monoisotopic (exact) mass is 340 g/mol. The Labute approximate surface area is 140 Å². The van der Waals surface area contributed by atoms with Gasteiger partial charge in [0, 0.05) is 5.56 Å². The quantitative estimate of drug-likeness (QED) is 0.512. The van der Waals surface area contributed by atoms with Crippen LogP contribution in [0.3, 0.4) is 0 Å². The van der Waals surface area contributed by atoms with Gasteiger partial charge in [-0.15, -0.1) is 15.3 Å². The lowest BCUT2D eigenvalue weighted by Crippen LogP contribution is -1.98. The van der Waals surface area contributed by atoms with E-state index in [4.69, 9.17) is 8.83 Å². The van der Waals surface area contributed by atoms with Crippen molar-refractivity contribution in [1.82, 2.24) is 30.4 Å². The second-order valence-corrected chi connectivity index (χ2v) is 5.87. The molecular formula is C15H12N6O2S. The van der Waals surface area contributed by atoms with Gasteiger partial charge < -0.3 is 8.83 Å². The van der Waals surface area contributed by atoms with Crippen molar-refractivity contribution in [2.75, 3.05) is 0 Å². The van der Waals surface area contributed by atoms with E-state index in [0.29, 0.717) is 28.5 Å². The van der Waals surface area contributed by atoms with Crippen molar-refractivity contribution in [1.29, 1.82) is 0 Å². The average Bonchev–Trinajstić information content (AvgIpc) is 3.34. The second-order valence-electron chi connectivity index (χ2n) is 4.93. The molecule has 0 unspecified atom stereocenters. The Morgan fingerprint density at radius 1 is 1.08 bits per heavy atom. The molecule has 0 fully saturated rings. The highest BCUT2D eigenvalue weighted by Gasteiger charge is 2.15. The molecule has 0 bridgehead atoms.